The lowest BCUT2D eigenvalue weighted by molar-refractivity contribution is 0.0656. The topological polar surface area (TPSA) is 67.5 Å². The van der Waals surface area contributed by atoms with Crippen LogP contribution in [0.5, 0.6) is 0 Å². The molecule has 0 spiro atoms. The number of aromatic carboxylic acids is 1. The molecule has 0 aliphatic heterocycles. The van der Waals surface area contributed by atoms with Crippen LogP contribution in [0.1, 0.15) is 56.0 Å². The van der Waals surface area contributed by atoms with E-state index < -0.39 is 16.8 Å². The Labute approximate surface area is 110 Å². The third-order valence-electron chi connectivity index (χ3n) is 2.70. The molecule has 5 heteroatoms. The van der Waals surface area contributed by atoms with Crippen molar-refractivity contribution >= 4 is 16.8 Å². The predicted molar refractivity (Wildman–Crippen MR) is 70.3 cm³/mol. The van der Waals surface area contributed by atoms with Crippen LogP contribution < -0.4 is 0 Å². The monoisotopic (exact) mass is 272 g/mol. The summed E-state index contributed by atoms with van der Waals surface area (Å²) in [5.41, 5.74) is 0. The average Bonchev–Trinajstić information content (AvgIpc) is 2.83. The zero-order valence-corrected chi connectivity index (χ0v) is 11.5. The first-order chi connectivity index (χ1) is 8.65. The Kier molecular flexibility index (Phi) is 6.72. The van der Waals surface area contributed by atoms with Crippen LogP contribution in [0, 0.1) is 0 Å². The first kappa shape index (κ1) is 15.0. The molecule has 1 atom stereocenters. The third-order valence-corrected chi connectivity index (χ3v) is 4.03. The molecule has 102 valence electrons. The van der Waals surface area contributed by atoms with Crippen LogP contribution in [-0.4, -0.2) is 21.0 Å². The Bertz CT molecular complexity index is 397. The van der Waals surface area contributed by atoms with E-state index in [4.69, 9.17) is 9.52 Å². The number of hydrogen-bond donors (Lipinski definition) is 1. The zero-order valence-electron chi connectivity index (χ0n) is 10.7. The number of hydrogen-bond acceptors (Lipinski definition) is 3. The highest BCUT2D eigenvalue weighted by Gasteiger charge is 2.13. The van der Waals surface area contributed by atoms with Crippen molar-refractivity contribution in [2.24, 2.45) is 0 Å². The minimum atomic E-state index is -1.22. The van der Waals surface area contributed by atoms with Crippen molar-refractivity contribution in [3.8, 4) is 0 Å². The molecule has 18 heavy (non-hydrogen) atoms. The average molecular weight is 272 g/mol. The summed E-state index contributed by atoms with van der Waals surface area (Å²) in [6.07, 6.45) is 6.83. The lowest BCUT2D eigenvalue weighted by Gasteiger charge is -2.00. The van der Waals surface area contributed by atoms with E-state index in [2.05, 4.69) is 6.92 Å². The molecule has 1 N–H and O–H groups in total. The van der Waals surface area contributed by atoms with Crippen LogP contribution in [0.4, 0.5) is 0 Å². The molecule has 1 rings (SSSR count). The van der Waals surface area contributed by atoms with Crippen LogP contribution in [0.25, 0.3) is 0 Å². The number of carbonyl (C=O) groups is 1. The summed E-state index contributed by atoms with van der Waals surface area (Å²) in [5, 5.41) is 8.95. The van der Waals surface area contributed by atoms with Gasteiger partial charge in [-0.15, -0.1) is 0 Å². The van der Waals surface area contributed by atoms with Crippen molar-refractivity contribution in [3.05, 3.63) is 17.9 Å². The Morgan fingerprint density at radius 3 is 2.50 bits per heavy atom. The standard InChI is InChI=1S/C13H20O4S/c1-2-3-4-5-6-7-10-18(16)12-9-8-11(17-12)13(14)15/h8-9H,2-7,10H2,1H3,(H,14,15). The lowest BCUT2D eigenvalue weighted by Crippen LogP contribution is -1.97. The predicted octanol–water partition coefficient (Wildman–Crippen LogP) is 3.45. The lowest BCUT2D eigenvalue weighted by atomic mass is 10.1. The Morgan fingerprint density at radius 1 is 1.22 bits per heavy atom. The molecule has 0 bridgehead atoms. The van der Waals surface area contributed by atoms with Gasteiger partial charge in [-0.25, -0.2) is 4.79 Å². The van der Waals surface area contributed by atoms with E-state index in [1.807, 2.05) is 0 Å². The fourth-order valence-corrected chi connectivity index (χ4v) is 2.74. The van der Waals surface area contributed by atoms with E-state index in [9.17, 15) is 9.00 Å². The van der Waals surface area contributed by atoms with Crippen LogP contribution in [0.3, 0.4) is 0 Å². The van der Waals surface area contributed by atoms with Gasteiger partial charge >= 0.3 is 5.97 Å². The Balaban J connectivity index is 2.25. The molecule has 0 fully saturated rings. The van der Waals surface area contributed by atoms with Gasteiger partial charge < -0.3 is 9.52 Å². The van der Waals surface area contributed by atoms with Gasteiger partial charge in [0.15, 0.2) is 5.09 Å². The second kappa shape index (κ2) is 8.08. The van der Waals surface area contributed by atoms with E-state index in [0.29, 0.717) is 5.75 Å². The minimum absolute atomic E-state index is 0.152. The first-order valence-electron chi connectivity index (χ1n) is 6.36. The third kappa shape index (κ3) is 5.04. The van der Waals surface area contributed by atoms with Crippen molar-refractivity contribution in [1.82, 2.24) is 0 Å². The maximum Gasteiger partial charge on any atom is 0.371 e. The molecule has 0 saturated heterocycles. The maximum atomic E-state index is 11.8. The van der Waals surface area contributed by atoms with E-state index in [1.54, 1.807) is 0 Å². The number of furan rings is 1. The molecule has 0 aliphatic rings. The van der Waals surface area contributed by atoms with E-state index in [0.717, 1.165) is 12.8 Å². The molecule has 1 heterocycles. The first-order valence-corrected chi connectivity index (χ1v) is 7.68. The number of rotatable bonds is 9. The highest BCUT2D eigenvalue weighted by atomic mass is 32.2. The van der Waals surface area contributed by atoms with Gasteiger partial charge in [0.05, 0.1) is 10.8 Å². The van der Waals surface area contributed by atoms with E-state index >= 15 is 0 Å². The molecule has 0 aromatic carbocycles. The molecule has 0 amide bonds. The molecule has 0 radical (unpaired) electrons. The Morgan fingerprint density at radius 2 is 1.89 bits per heavy atom. The SMILES string of the molecule is CCCCCCCCS(=O)c1ccc(C(=O)O)o1. The Hall–Kier alpha value is -1.10. The van der Waals surface area contributed by atoms with Crippen molar-refractivity contribution in [2.75, 3.05) is 5.75 Å². The summed E-state index contributed by atoms with van der Waals surface area (Å²) in [7, 11) is -1.22. The molecule has 1 aromatic rings. The van der Waals surface area contributed by atoms with Gasteiger partial charge in [-0.2, -0.15) is 0 Å². The quantitative estimate of drug-likeness (QED) is 0.699. The molecular formula is C13H20O4S. The molecule has 1 unspecified atom stereocenters. The summed E-state index contributed by atoms with van der Waals surface area (Å²) in [6, 6.07) is 2.83. The summed E-state index contributed by atoms with van der Waals surface area (Å²) in [6.45, 7) is 2.17. The maximum absolute atomic E-state index is 11.8. The van der Waals surface area contributed by atoms with Crippen molar-refractivity contribution in [3.63, 3.8) is 0 Å². The van der Waals surface area contributed by atoms with Gasteiger partial charge in [0.2, 0.25) is 5.76 Å². The second-order valence-electron chi connectivity index (χ2n) is 4.24. The molecule has 1 aromatic heterocycles. The van der Waals surface area contributed by atoms with Gasteiger partial charge in [0.1, 0.15) is 0 Å². The number of unbranched alkanes of at least 4 members (excludes halogenated alkanes) is 5. The summed E-state index contributed by atoms with van der Waals surface area (Å²) in [4.78, 5) is 10.6. The van der Waals surface area contributed by atoms with Crippen LogP contribution in [0.2, 0.25) is 0 Å². The molecule has 4 nitrogen and oxygen atoms in total. The summed E-state index contributed by atoms with van der Waals surface area (Å²) in [5.74, 6) is -0.738. The van der Waals surface area contributed by atoms with Crippen molar-refractivity contribution < 1.29 is 18.5 Å². The van der Waals surface area contributed by atoms with Crippen LogP contribution >= 0.6 is 0 Å². The van der Waals surface area contributed by atoms with Gasteiger partial charge in [-0.1, -0.05) is 39.0 Å². The van der Waals surface area contributed by atoms with E-state index in [1.165, 1.54) is 37.8 Å². The fourth-order valence-electron chi connectivity index (χ4n) is 1.67. The summed E-state index contributed by atoms with van der Waals surface area (Å²) < 4.78 is 16.8. The van der Waals surface area contributed by atoms with Gasteiger partial charge in [-0.3, -0.25) is 4.21 Å². The van der Waals surface area contributed by atoms with Crippen LogP contribution in [-0.2, 0) is 10.8 Å². The van der Waals surface area contributed by atoms with Gasteiger partial charge in [0, 0.05) is 5.75 Å². The largest absolute Gasteiger partial charge is 0.475 e. The zero-order chi connectivity index (χ0) is 13.4. The fraction of sp³-hybridized carbons (Fsp3) is 0.615. The normalized spacial score (nSPS) is 12.5. The smallest absolute Gasteiger partial charge is 0.371 e. The number of carboxylic acids is 1. The highest BCUT2D eigenvalue weighted by molar-refractivity contribution is 7.84. The second-order valence-corrected chi connectivity index (χ2v) is 5.74. The van der Waals surface area contributed by atoms with Crippen molar-refractivity contribution in [2.45, 2.75) is 50.5 Å². The van der Waals surface area contributed by atoms with Gasteiger partial charge in [-0.05, 0) is 18.6 Å². The van der Waals surface area contributed by atoms with Gasteiger partial charge in [0.25, 0.3) is 0 Å². The van der Waals surface area contributed by atoms with Crippen molar-refractivity contribution in [1.29, 1.82) is 0 Å². The molecular weight excluding hydrogens is 252 g/mol. The number of carboxylic acid groups (broad SMARTS) is 1. The summed E-state index contributed by atoms with van der Waals surface area (Å²) >= 11 is 0. The highest BCUT2D eigenvalue weighted by Crippen LogP contribution is 2.14. The molecule has 0 saturated carbocycles. The molecule has 0 aliphatic carbocycles. The minimum Gasteiger partial charge on any atom is -0.475 e. The van der Waals surface area contributed by atoms with Crippen LogP contribution in [0.15, 0.2) is 21.6 Å². The van der Waals surface area contributed by atoms with E-state index in [-0.39, 0.29) is 10.9 Å².